The molecule has 9 atom stereocenters. The summed E-state index contributed by atoms with van der Waals surface area (Å²) < 4.78 is 0. The average molecular weight is 420 g/mol. The lowest BCUT2D eigenvalue weighted by molar-refractivity contribution is -0.169. The molecule has 0 bridgehead atoms. The molecule has 0 spiro atoms. The molecule has 0 aromatic rings. The molecule has 4 aliphatic carbocycles. The van der Waals surface area contributed by atoms with Crippen molar-refractivity contribution in [2.75, 3.05) is 19.7 Å². The molecule has 5 aliphatic rings. The van der Waals surface area contributed by atoms with Crippen LogP contribution in [0.4, 0.5) is 0 Å². The Morgan fingerprint density at radius 1 is 1.03 bits per heavy atom. The highest BCUT2D eigenvalue weighted by atomic mass is 32.2. The SMILES string of the molecule is C[C@]12CC[C@@H](S[C@@H]3CCNC3)CC1[C@@H](CO)C(=O)[C@@H]1[C@@H]2CC[C@]2(C)C(=O)CC[C@@H]12. The second-order valence-corrected chi connectivity index (χ2v) is 12.7. The largest absolute Gasteiger partial charge is 0.396 e. The summed E-state index contributed by atoms with van der Waals surface area (Å²) in [6.07, 6.45) is 8.27. The second-order valence-electron chi connectivity index (χ2n) is 11.1. The third-order valence-corrected chi connectivity index (χ3v) is 11.6. The van der Waals surface area contributed by atoms with Crippen LogP contribution in [0.3, 0.4) is 0 Å². The summed E-state index contributed by atoms with van der Waals surface area (Å²) in [4.78, 5) is 26.4. The molecule has 29 heavy (non-hydrogen) atoms. The fourth-order valence-electron chi connectivity index (χ4n) is 8.26. The lowest BCUT2D eigenvalue weighted by Gasteiger charge is -2.61. The summed E-state index contributed by atoms with van der Waals surface area (Å²) in [6.45, 7) is 6.79. The van der Waals surface area contributed by atoms with Crippen molar-refractivity contribution in [3.8, 4) is 0 Å². The van der Waals surface area contributed by atoms with Crippen molar-refractivity contribution < 1.29 is 14.7 Å². The highest BCUT2D eigenvalue weighted by molar-refractivity contribution is 8.00. The van der Waals surface area contributed by atoms with Gasteiger partial charge < -0.3 is 10.4 Å². The van der Waals surface area contributed by atoms with Crippen molar-refractivity contribution in [1.82, 2.24) is 5.32 Å². The molecular weight excluding hydrogens is 382 g/mol. The number of thioether (sulfide) groups is 1. The van der Waals surface area contributed by atoms with Crippen molar-refractivity contribution in [2.45, 2.75) is 75.7 Å². The third-order valence-electron chi connectivity index (χ3n) is 9.97. The van der Waals surface area contributed by atoms with Crippen LogP contribution in [0.25, 0.3) is 0 Å². The maximum Gasteiger partial charge on any atom is 0.142 e. The highest BCUT2D eigenvalue weighted by Gasteiger charge is 2.65. The molecule has 1 aliphatic heterocycles. The third kappa shape index (κ3) is 3.01. The van der Waals surface area contributed by atoms with Crippen LogP contribution in [0.1, 0.15) is 65.2 Å². The van der Waals surface area contributed by atoms with Gasteiger partial charge in [-0.05, 0) is 74.7 Å². The molecule has 5 rings (SSSR count). The molecule has 1 unspecified atom stereocenters. The molecular formula is C24H37NO3S. The van der Waals surface area contributed by atoms with E-state index < -0.39 is 0 Å². The van der Waals surface area contributed by atoms with E-state index in [4.69, 9.17) is 0 Å². The maximum absolute atomic E-state index is 13.7. The minimum atomic E-state index is -0.289. The van der Waals surface area contributed by atoms with Crippen LogP contribution in [0.15, 0.2) is 0 Å². The molecule has 1 heterocycles. The van der Waals surface area contributed by atoms with Crippen molar-refractivity contribution in [2.24, 2.45) is 40.4 Å². The van der Waals surface area contributed by atoms with Crippen LogP contribution < -0.4 is 5.32 Å². The predicted molar refractivity (Wildman–Crippen MR) is 116 cm³/mol. The van der Waals surface area contributed by atoms with Gasteiger partial charge in [-0.1, -0.05) is 13.8 Å². The van der Waals surface area contributed by atoms with Gasteiger partial charge in [0.15, 0.2) is 0 Å². The van der Waals surface area contributed by atoms with Crippen LogP contribution in [0.5, 0.6) is 0 Å². The lowest BCUT2D eigenvalue weighted by Crippen LogP contribution is -2.61. The van der Waals surface area contributed by atoms with Crippen molar-refractivity contribution in [1.29, 1.82) is 0 Å². The zero-order chi connectivity index (χ0) is 20.4. The van der Waals surface area contributed by atoms with Gasteiger partial charge in [0.1, 0.15) is 11.6 Å². The van der Waals surface area contributed by atoms with Gasteiger partial charge in [-0.25, -0.2) is 0 Å². The zero-order valence-electron chi connectivity index (χ0n) is 18.0. The van der Waals surface area contributed by atoms with Crippen LogP contribution in [-0.4, -0.2) is 46.9 Å². The maximum atomic E-state index is 13.7. The van der Waals surface area contributed by atoms with E-state index in [0.717, 1.165) is 38.8 Å². The number of hydrogen-bond donors (Lipinski definition) is 2. The predicted octanol–water partition coefficient (Wildman–Crippen LogP) is 3.46. The Balaban J connectivity index is 1.42. The van der Waals surface area contributed by atoms with Gasteiger partial charge in [-0.15, -0.1) is 0 Å². The van der Waals surface area contributed by atoms with E-state index in [1.54, 1.807) is 0 Å². The first-order chi connectivity index (χ1) is 13.9. The minimum absolute atomic E-state index is 0.00170. The number of Topliss-reactive ketones (excluding diaryl/α,β-unsaturated/α-hetero) is 2. The zero-order valence-corrected chi connectivity index (χ0v) is 18.8. The summed E-state index contributed by atoms with van der Waals surface area (Å²) in [5.41, 5.74) is -0.146. The molecule has 5 heteroatoms. The van der Waals surface area contributed by atoms with E-state index in [0.29, 0.717) is 40.3 Å². The van der Waals surface area contributed by atoms with Crippen molar-refractivity contribution in [3.63, 3.8) is 0 Å². The Bertz CT molecular complexity index is 692. The molecule has 4 saturated carbocycles. The first-order valence-electron chi connectivity index (χ1n) is 11.9. The molecule has 0 radical (unpaired) electrons. The van der Waals surface area contributed by atoms with E-state index in [1.165, 1.54) is 19.3 Å². The Hall–Kier alpha value is -0.390. The van der Waals surface area contributed by atoms with Gasteiger partial charge in [0.2, 0.25) is 0 Å². The summed E-state index contributed by atoms with van der Waals surface area (Å²) in [5.74, 6) is 1.40. The normalized spacial score (nSPS) is 52.2. The van der Waals surface area contributed by atoms with E-state index >= 15 is 0 Å². The van der Waals surface area contributed by atoms with Gasteiger partial charge in [0.05, 0.1) is 6.61 Å². The molecule has 162 valence electrons. The number of hydrogen-bond acceptors (Lipinski definition) is 5. The summed E-state index contributed by atoms with van der Waals surface area (Å²) >= 11 is 2.14. The fraction of sp³-hybridized carbons (Fsp3) is 0.917. The van der Waals surface area contributed by atoms with E-state index in [-0.39, 0.29) is 35.2 Å². The lowest BCUT2D eigenvalue weighted by atomic mass is 9.43. The fourth-order valence-corrected chi connectivity index (χ4v) is 9.85. The Morgan fingerprint density at radius 3 is 2.59 bits per heavy atom. The molecule has 0 aromatic heterocycles. The number of carbonyl (C=O) groups excluding carboxylic acids is 2. The summed E-state index contributed by atoms with van der Waals surface area (Å²) in [5, 5.41) is 15.1. The van der Waals surface area contributed by atoms with Gasteiger partial charge in [0, 0.05) is 40.7 Å². The topological polar surface area (TPSA) is 66.4 Å². The van der Waals surface area contributed by atoms with Crippen molar-refractivity contribution in [3.05, 3.63) is 0 Å². The number of aliphatic hydroxyl groups is 1. The monoisotopic (exact) mass is 419 g/mol. The number of nitrogens with one attached hydrogen (secondary N) is 1. The number of fused-ring (bicyclic) bond motifs is 5. The minimum Gasteiger partial charge on any atom is -0.396 e. The summed E-state index contributed by atoms with van der Waals surface area (Å²) in [6, 6.07) is 0. The van der Waals surface area contributed by atoms with Gasteiger partial charge >= 0.3 is 0 Å². The summed E-state index contributed by atoms with van der Waals surface area (Å²) in [7, 11) is 0. The van der Waals surface area contributed by atoms with E-state index in [9.17, 15) is 14.7 Å². The Kier molecular flexibility index (Phi) is 5.19. The first kappa shape index (κ1) is 20.5. The molecule has 1 saturated heterocycles. The molecule has 0 aromatic carbocycles. The van der Waals surface area contributed by atoms with Crippen LogP contribution >= 0.6 is 11.8 Å². The average Bonchev–Trinajstić information content (AvgIpc) is 3.31. The number of ketones is 2. The van der Waals surface area contributed by atoms with Crippen LogP contribution in [-0.2, 0) is 9.59 Å². The smallest absolute Gasteiger partial charge is 0.142 e. The van der Waals surface area contributed by atoms with Crippen LogP contribution in [0, 0.1) is 40.4 Å². The number of carbonyl (C=O) groups is 2. The van der Waals surface area contributed by atoms with Crippen LogP contribution in [0.2, 0.25) is 0 Å². The second kappa shape index (κ2) is 7.34. The Labute approximate surface area is 179 Å². The first-order valence-corrected chi connectivity index (χ1v) is 12.9. The standard InChI is InChI=1S/C24H37NO3S/c1-23-8-5-14(29-15-7-10-25-12-15)11-19(23)16(13-26)22(28)21-17-3-4-20(27)24(17,2)9-6-18(21)23/h14-19,21,25-26H,3-13H2,1-2H3/t14-,15-,16-,17+,18+,19?,21+,23-,24+/m1/s1. The molecule has 0 amide bonds. The molecule has 2 N–H and O–H groups in total. The molecule has 4 nitrogen and oxygen atoms in total. The number of aliphatic hydroxyl groups excluding tert-OH is 1. The van der Waals surface area contributed by atoms with Crippen molar-refractivity contribution >= 4 is 23.3 Å². The van der Waals surface area contributed by atoms with E-state index in [2.05, 4.69) is 30.9 Å². The quantitative estimate of drug-likeness (QED) is 0.733. The highest BCUT2D eigenvalue weighted by Crippen LogP contribution is 2.66. The van der Waals surface area contributed by atoms with Gasteiger partial charge in [-0.2, -0.15) is 11.8 Å². The number of rotatable bonds is 3. The van der Waals surface area contributed by atoms with Gasteiger partial charge in [0.25, 0.3) is 0 Å². The molecule has 5 fully saturated rings. The Morgan fingerprint density at radius 2 is 1.86 bits per heavy atom. The van der Waals surface area contributed by atoms with Gasteiger partial charge in [-0.3, -0.25) is 9.59 Å². The van der Waals surface area contributed by atoms with E-state index in [1.807, 2.05) is 0 Å².